The van der Waals surface area contributed by atoms with Gasteiger partial charge < -0.3 is 9.42 Å². The Morgan fingerprint density at radius 2 is 2.04 bits per heavy atom. The molecule has 1 aromatic heterocycles. The SMILES string of the molecule is CC(C)c1nc([C@@H]2CCCN(C(=O)[C@H]3CCCCN3C)C2)no1. The number of hydrogen-bond donors (Lipinski definition) is 0. The van der Waals surface area contributed by atoms with Crippen LogP contribution in [0.15, 0.2) is 4.52 Å². The molecule has 3 rings (SSSR count). The Kier molecular flexibility index (Phi) is 4.99. The van der Waals surface area contributed by atoms with Gasteiger partial charge in [0.25, 0.3) is 0 Å². The molecule has 0 unspecified atom stereocenters. The van der Waals surface area contributed by atoms with E-state index in [1.54, 1.807) is 0 Å². The number of carbonyl (C=O) groups is 1. The fourth-order valence-corrected chi connectivity index (χ4v) is 3.63. The highest BCUT2D eigenvalue weighted by molar-refractivity contribution is 5.82. The smallest absolute Gasteiger partial charge is 0.239 e. The first kappa shape index (κ1) is 16.4. The largest absolute Gasteiger partial charge is 0.341 e. The van der Waals surface area contributed by atoms with Gasteiger partial charge in [0, 0.05) is 24.9 Å². The van der Waals surface area contributed by atoms with Crippen LogP contribution in [-0.4, -0.2) is 58.6 Å². The summed E-state index contributed by atoms with van der Waals surface area (Å²) in [6.07, 6.45) is 5.38. The van der Waals surface area contributed by atoms with Gasteiger partial charge in [-0.3, -0.25) is 9.69 Å². The van der Waals surface area contributed by atoms with Crippen LogP contribution in [0, 0.1) is 0 Å². The predicted octanol–water partition coefficient (Wildman–Crippen LogP) is 2.38. The lowest BCUT2D eigenvalue weighted by Gasteiger charge is -2.38. The Labute approximate surface area is 138 Å². The predicted molar refractivity (Wildman–Crippen MR) is 87.2 cm³/mol. The van der Waals surface area contributed by atoms with Gasteiger partial charge in [-0.1, -0.05) is 25.4 Å². The van der Waals surface area contributed by atoms with E-state index in [0.29, 0.717) is 5.89 Å². The number of hydrogen-bond acceptors (Lipinski definition) is 5. The Morgan fingerprint density at radius 1 is 1.22 bits per heavy atom. The lowest BCUT2D eigenvalue weighted by Crippen LogP contribution is -2.51. The van der Waals surface area contributed by atoms with E-state index in [0.717, 1.165) is 51.1 Å². The number of likely N-dealkylation sites (N-methyl/N-ethyl adjacent to an activating group) is 1. The molecule has 6 heteroatoms. The molecule has 0 saturated carbocycles. The molecular weight excluding hydrogens is 292 g/mol. The molecule has 0 bridgehead atoms. The van der Waals surface area contributed by atoms with Gasteiger partial charge in [-0.05, 0) is 39.3 Å². The molecule has 1 amide bonds. The lowest BCUT2D eigenvalue weighted by atomic mass is 9.95. The maximum absolute atomic E-state index is 12.9. The van der Waals surface area contributed by atoms with Crippen molar-refractivity contribution in [2.24, 2.45) is 0 Å². The van der Waals surface area contributed by atoms with Crippen LogP contribution in [0.3, 0.4) is 0 Å². The van der Waals surface area contributed by atoms with Crippen molar-refractivity contribution in [3.05, 3.63) is 11.7 Å². The maximum atomic E-state index is 12.9. The van der Waals surface area contributed by atoms with E-state index in [2.05, 4.69) is 22.1 Å². The van der Waals surface area contributed by atoms with Crippen LogP contribution < -0.4 is 0 Å². The fraction of sp³-hybridized carbons (Fsp3) is 0.824. The average molecular weight is 320 g/mol. The number of nitrogens with zero attached hydrogens (tertiary/aromatic N) is 4. The van der Waals surface area contributed by atoms with E-state index < -0.39 is 0 Å². The zero-order valence-corrected chi connectivity index (χ0v) is 14.5. The van der Waals surface area contributed by atoms with Crippen LogP contribution in [0.4, 0.5) is 0 Å². The first-order chi connectivity index (χ1) is 11.1. The zero-order valence-electron chi connectivity index (χ0n) is 14.5. The number of likely N-dealkylation sites (tertiary alicyclic amines) is 2. The minimum Gasteiger partial charge on any atom is -0.341 e. The van der Waals surface area contributed by atoms with Gasteiger partial charge in [-0.15, -0.1) is 0 Å². The van der Waals surface area contributed by atoms with Gasteiger partial charge in [0.05, 0.1) is 6.04 Å². The third-order valence-corrected chi connectivity index (χ3v) is 5.11. The molecule has 2 aliphatic rings. The second-order valence-corrected chi connectivity index (χ2v) is 7.26. The highest BCUT2D eigenvalue weighted by atomic mass is 16.5. The molecule has 0 radical (unpaired) electrons. The quantitative estimate of drug-likeness (QED) is 0.855. The van der Waals surface area contributed by atoms with E-state index in [9.17, 15) is 4.79 Å². The van der Waals surface area contributed by atoms with Crippen molar-refractivity contribution < 1.29 is 9.32 Å². The van der Waals surface area contributed by atoms with Crippen LogP contribution >= 0.6 is 0 Å². The second kappa shape index (κ2) is 6.99. The average Bonchev–Trinajstić information content (AvgIpc) is 3.05. The van der Waals surface area contributed by atoms with Gasteiger partial charge in [0.1, 0.15) is 0 Å². The molecule has 2 aliphatic heterocycles. The molecular formula is C17H28N4O2. The van der Waals surface area contributed by atoms with E-state index in [4.69, 9.17) is 4.52 Å². The standard InChI is InChI=1S/C17H28N4O2/c1-12(2)16-18-15(19-23-16)13-7-6-10-21(11-13)17(22)14-8-4-5-9-20(14)3/h12-14H,4-11H2,1-3H3/t13-,14-/m1/s1. The summed E-state index contributed by atoms with van der Waals surface area (Å²) in [5.41, 5.74) is 0. The van der Waals surface area contributed by atoms with Crippen LogP contribution in [0.25, 0.3) is 0 Å². The highest BCUT2D eigenvalue weighted by Gasteiger charge is 2.34. The summed E-state index contributed by atoms with van der Waals surface area (Å²) in [7, 11) is 2.07. The normalized spacial score (nSPS) is 26.7. The summed E-state index contributed by atoms with van der Waals surface area (Å²) >= 11 is 0. The minimum atomic E-state index is 0.0546. The summed E-state index contributed by atoms with van der Waals surface area (Å²) in [4.78, 5) is 21.6. The Morgan fingerprint density at radius 3 is 2.74 bits per heavy atom. The lowest BCUT2D eigenvalue weighted by molar-refractivity contribution is -0.138. The van der Waals surface area contributed by atoms with Crippen molar-refractivity contribution in [2.75, 3.05) is 26.7 Å². The first-order valence-corrected chi connectivity index (χ1v) is 8.88. The fourth-order valence-electron chi connectivity index (χ4n) is 3.63. The van der Waals surface area contributed by atoms with Crippen molar-refractivity contribution in [1.29, 1.82) is 0 Å². The summed E-state index contributed by atoms with van der Waals surface area (Å²) in [5.74, 6) is 2.19. The van der Waals surface area contributed by atoms with Crippen molar-refractivity contribution in [2.45, 2.75) is 63.8 Å². The van der Waals surface area contributed by atoms with Crippen LogP contribution in [-0.2, 0) is 4.79 Å². The molecule has 0 N–H and O–H groups in total. The number of rotatable bonds is 3. The summed E-state index contributed by atoms with van der Waals surface area (Å²) < 4.78 is 5.34. The molecule has 0 aliphatic carbocycles. The summed E-state index contributed by atoms with van der Waals surface area (Å²) in [6, 6.07) is 0.0546. The van der Waals surface area contributed by atoms with Crippen LogP contribution in [0.2, 0.25) is 0 Å². The third-order valence-electron chi connectivity index (χ3n) is 5.11. The van der Waals surface area contributed by atoms with Gasteiger partial charge in [-0.2, -0.15) is 4.98 Å². The van der Waals surface area contributed by atoms with Crippen molar-refractivity contribution in [3.8, 4) is 0 Å². The number of carbonyl (C=O) groups excluding carboxylic acids is 1. The van der Waals surface area contributed by atoms with Gasteiger partial charge in [-0.25, -0.2) is 0 Å². The molecule has 6 nitrogen and oxygen atoms in total. The van der Waals surface area contributed by atoms with E-state index in [1.807, 2.05) is 18.7 Å². The van der Waals surface area contributed by atoms with E-state index in [-0.39, 0.29) is 23.8 Å². The molecule has 2 saturated heterocycles. The molecule has 23 heavy (non-hydrogen) atoms. The molecule has 1 aromatic rings. The molecule has 128 valence electrons. The number of aromatic nitrogens is 2. The first-order valence-electron chi connectivity index (χ1n) is 8.88. The molecule has 2 fully saturated rings. The molecule has 0 aromatic carbocycles. The third kappa shape index (κ3) is 3.57. The van der Waals surface area contributed by atoms with Crippen LogP contribution in [0.5, 0.6) is 0 Å². The van der Waals surface area contributed by atoms with E-state index >= 15 is 0 Å². The summed E-state index contributed by atoms with van der Waals surface area (Å²) in [5, 5.41) is 4.15. The van der Waals surface area contributed by atoms with Crippen molar-refractivity contribution in [3.63, 3.8) is 0 Å². The Hall–Kier alpha value is -1.43. The van der Waals surface area contributed by atoms with E-state index in [1.165, 1.54) is 6.42 Å². The monoisotopic (exact) mass is 320 g/mol. The molecule has 0 spiro atoms. The summed E-state index contributed by atoms with van der Waals surface area (Å²) in [6.45, 7) is 6.70. The van der Waals surface area contributed by atoms with Gasteiger partial charge in [0.2, 0.25) is 11.8 Å². The molecule has 3 heterocycles. The van der Waals surface area contributed by atoms with Crippen molar-refractivity contribution >= 4 is 5.91 Å². The van der Waals surface area contributed by atoms with Gasteiger partial charge >= 0.3 is 0 Å². The molecule has 2 atom stereocenters. The number of amides is 1. The Balaban J connectivity index is 1.66. The van der Waals surface area contributed by atoms with Gasteiger partial charge in [0.15, 0.2) is 5.82 Å². The minimum absolute atomic E-state index is 0.0546. The number of piperidine rings is 2. The van der Waals surface area contributed by atoms with Crippen LogP contribution in [0.1, 0.15) is 69.5 Å². The topological polar surface area (TPSA) is 62.5 Å². The maximum Gasteiger partial charge on any atom is 0.239 e. The Bertz CT molecular complexity index is 542. The van der Waals surface area contributed by atoms with Crippen molar-refractivity contribution in [1.82, 2.24) is 19.9 Å². The highest BCUT2D eigenvalue weighted by Crippen LogP contribution is 2.28. The zero-order chi connectivity index (χ0) is 16.4. The second-order valence-electron chi connectivity index (χ2n) is 7.26.